The van der Waals surface area contributed by atoms with Crippen LogP contribution in [0.3, 0.4) is 0 Å². The van der Waals surface area contributed by atoms with E-state index in [0.29, 0.717) is 11.4 Å². The maximum atomic E-state index is 11.2. The van der Waals surface area contributed by atoms with Crippen molar-refractivity contribution >= 4 is 21.4 Å². The average molecular weight is 276 g/mol. The second-order valence-electron chi connectivity index (χ2n) is 4.26. The van der Waals surface area contributed by atoms with Crippen LogP contribution in [-0.2, 0) is 9.84 Å². The molecule has 0 fully saturated rings. The van der Waals surface area contributed by atoms with Gasteiger partial charge in [0.1, 0.15) is 9.84 Å². The Morgan fingerprint density at radius 2 is 2.06 bits per heavy atom. The van der Waals surface area contributed by atoms with Crippen LogP contribution < -0.4 is 5.32 Å². The summed E-state index contributed by atoms with van der Waals surface area (Å²) in [4.78, 5) is 0. The Hall–Kier alpha value is -0.580. The highest BCUT2D eigenvalue weighted by molar-refractivity contribution is 7.90. The molecule has 0 aromatic heterocycles. The lowest BCUT2D eigenvalue weighted by Gasteiger charge is -2.18. The lowest BCUT2D eigenvalue weighted by molar-refractivity contribution is 0.557. The summed E-state index contributed by atoms with van der Waals surface area (Å²) < 4.78 is 22.4. The van der Waals surface area contributed by atoms with Gasteiger partial charge in [-0.15, -0.1) is 0 Å². The standard InChI is InChI=1S/C12H18ClNO2S/c1-9-4-5-10(13)8-11(9)12(14-2)6-7-17(3,15)16/h4-5,8,12,14H,6-7H2,1-3H3. The lowest BCUT2D eigenvalue weighted by Crippen LogP contribution is -2.20. The third kappa shape index (κ3) is 4.66. The molecular formula is C12H18ClNO2S. The molecule has 0 aliphatic rings. The molecule has 0 radical (unpaired) electrons. The zero-order valence-electron chi connectivity index (χ0n) is 10.3. The Morgan fingerprint density at radius 1 is 1.41 bits per heavy atom. The number of aryl methyl sites for hydroxylation is 1. The monoisotopic (exact) mass is 275 g/mol. The predicted octanol–water partition coefficient (Wildman–Crippen LogP) is 2.34. The van der Waals surface area contributed by atoms with Crippen molar-refractivity contribution in [3.8, 4) is 0 Å². The molecule has 0 aliphatic heterocycles. The van der Waals surface area contributed by atoms with Crippen LogP contribution in [0, 0.1) is 6.92 Å². The molecule has 1 aromatic rings. The SMILES string of the molecule is CNC(CCS(C)(=O)=O)c1cc(Cl)ccc1C. The van der Waals surface area contributed by atoms with E-state index in [1.54, 1.807) is 0 Å². The zero-order valence-corrected chi connectivity index (χ0v) is 11.9. The number of nitrogens with one attached hydrogen (secondary N) is 1. The van der Waals surface area contributed by atoms with Gasteiger partial charge in [0.05, 0.1) is 5.75 Å². The molecule has 1 unspecified atom stereocenters. The highest BCUT2D eigenvalue weighted by Gasteiger charge is 2.14. The summed E-state index contributed by atoms with van der Waals surface area (Å²) in [7, 11) is -1.11. The van der Waals surface area contributed by atoms with Gasteiger partial charge in [-0.05, 0) is 43.7 Å². The molecule has 5 heteroatoms. The van der Waals surface area contributed by atoms with Crippen LogP contribution >= 0.6 is 11.6 Å². The smallest absolute Gasteiger partial charge is 0.147 e. The van der Waals surface area contributed by atoms with Gasteiger partial charge in [-0.25, -0.2) is 8.42 Å². The Kier molecular flexibility index (Phi) is 4.98. The van der Waals surface area contributed by atoms with E-state index in [0.717, 1.165) is 11.1 Å². The van der Waals surface area contributed by atoms with E-state index in [4.69, 9.17) is 11.6 Å². The average Bonchev–Trinajstić information content (AvgIpc) is 2.22. The highest BCUT2D eigenvalue weighted by atomic mass is 35.5. The highest BCUT2D eigenvalue weighted by Crippen LogP contribution is 2.24. The van der Waals surface area contributed by atoms with Gasteiger partial charge in [0.25, 0.3) is 0 Å². The third-order valence-corrected chi connectivity index (χ3v) is 3.95. The van der Waals surface area contributed by atoms with Gasteiger partial charge < -0.3 is 5.32 Å². The summed E-state index contributed by atoms with van der Waals surface area (Å²) >= 11 is 5.96. The molecule has 0 amide bonds. The maximum absolute atomic E-state index is 11.2. The van der Waals surface area contributed by atoms with Gasteiger partial charge in [-0.2, -0.15) is 0 Å². The molecule has 1 N–H and O–H groups in total. The summed E-state index contributed by atoms with van der Waals surface area (Å²) in [6.45, 7) is 2.00. The molecule has 17 heavy (non-hydrogen) atoms. The fraction of sp³-hybridized carbons (Fsp3) is 0.500. The van der Waals surface area contributed by atoms with E-state index < -0.39 is 9.84 Å². The van der Waals surface area contributed by atoms with Crippen LogP contribution in [0.15, 0.2) is 18.2 Å². The van der Waals surface area contributed by atoms with E-state index in [-0.39, 0.29) is 11.8 Å². The van der Waals surface area contributed by atoms with Gasteiger partial charge in [0.15, 0.2) is 0 Å². The fourth-order valence-corrected chi connectivity index (χ4v) is 2.62. The fourth-order valence-electron chi connectivity index (χ4n) is 1.77. The van der Waals surface area contributed by atoms with Crippen LogP contribution in [0.1, 0.15) is 23.6 Å². The second-order valence-corrected chi connectivity index (χ2v) is 6.96. The molecule has 1 atom stereocenters. The molecular weight excluding hydrogens is 258 g/mol. The minimum Gasteiger partial charge on any atom is -0.313 e. The summed E-state index contributed by atoms with van der Waals surface area (Å²) in [6, 6.07) is 5.69. The number of sulfone groups is 1. The van der Waals surface area contributed by atoms with Gasteiger partial charge in [0.2, 0.25) is 0 Å². The van der Waals surface area contributed by atoms with E-state index in [1.807, 2.05) is 32.2 Å². The van der Waals surface area contributed by atoms with Crippen LogP contribution in [0.4, 0.5) is 0 Å². The normalized spacial score (nSPS) is 13.6. The first kappa shape index (κ1) is 14.5. The van der Waals surface area contributed by atoms with Crippen LogP contribution in [0.5, 0.6) is 0 Å². The Morgan fingerprint density at radius 3 is 2.59 bits per heavy atom. The minimum absolute atomic E-state index is 0.0171. The van der Waals surface area contributed by atoms with Crippen LogP contribution in [-0.4, -0.2) is 27.5 Å². The molecule has 96 valence electrons. The molecule has 3 nitrogen and oxygen atoms in total. The summed E-state index contributed by atoms with van der Waals surface area (Å²) in [5.41, 5.74) is 2.17. The minimum atomic E-state index is -2.93. The van der Waals surface area contributed by atoms with Crippen molar-refractivity contribution < 1.29 is 8.42 Å². The Bertz CT molecular complexity index is 485. The van der Waals surface area contributed by atoms with Crippen LogP contribution in [0.2, 0.25) is 5.02 Å². The van der Waals surface area contributed by atoms with E-state index in [9.17, 15) is 8.42 Å². The van der Waals surface area contributed by atoms with Crippen molar-refractivity contribution in [1.29, 1.82) is 0 Å². The quantitative estimate of drug-likeness (QED) is 0.897. The first-order chi connectivity index (χ1) is 7.83. The van der Waals surface area contributed by atoms with Gasteiger partial charge in [0, 0.05) is 17.3 Å². The maximum Gasteiger partial charge on any atom is 0.147 e. The molecule has 0 spiro atoms. The first-order valence-electron chi connectivity index (χ1n) is 5.44. The lowest BCUT2D eigenvalue weighted by atomic mass is 9.99. The Balaban J connectivity index is 2.90. The van der Waals surface area contributed by atoms with Crippen LogP contribution in [0.25, 0.3) is 0 Å². The molecule has 0 saturated carbocycles. The molecule has 0 bridgehead atoms. The summed E-state index contributed by atoms with van der Waals surface area (Å²) in [6.07, 6.45) is 1.81. The first-order valence-corrected chi connectivity index (χ1v) is 7.88. The number of halogens is 1. The molecule has 1 rings (SSSR count). The van der Waals surface area contributed by atoms with Crippen molar-refractivity contribution in [3.05, 3.63) is 34.3 Å². The van der Waals surface area contributed by atoms with Gasteiger partial charge >= 0.3 is 0 Å². The van der Waals surface area contributed by atoms with Crippen molar-refractivity contribution in [2.24, 2.45) is 0 Å². The summed E-state index contributed by atoms with van der Waals surface area (Å²) in [5, 5.41) is 3.81. The molecule has 1 aromatic carbocycles. The molecule has 0 saturated heterocycles. The van der Waals surface area contributed by atoms with Crippen molar-refractivity contribution in [1.82, 2.24) is 5.32 Å². The number of rotatable bonds is 5. The zero-order chi connectivity index (χ0) is 13.1. The predicted molar refractivity (Wildman–Crippen MR) is 72.3 cm³/mol. The second kappa shape index (κ2) is 5.85. The summed E-state index contributed by atoms with van der Waals surface area (Å²) in [5.74, 6) is 0.171. The number of benzene rings is 1. The number of hydrogen-bond acceptors (Lipinski definition) is 3. The van der Waals surface area contributed by atoms with E-state index in [1.165, 1.54) is 6.26 Å². The van der Waals surface area contributed by atoms with Crippen molar-refractivity contribution in [3.63, 3.8) is 0 Å². The van der Waals surface area contributed by atoms with Gasteiger partial charge in [-0.1, -0.05) is 17.7 Å². The largest absolute Gasteiger partial charge is 0.313 e. The topological polar surface area (TPSA) is 46.2 Å². The van der Waals surface area contributed by atoms with Crippen molar-refractivity contribution in [2.45, 2.75) is 19.4 Å². The Labute approximate surface area is 108 Å². The number of hydrogen-bond donors (Lipinski definition) is 1. The molecule has 0 aliphatic carbocycles. The van der Waals surface area contributed by atoms with Crippen molar-refractivity contribution in [2.75, 3.05) is 19.1 Å². The third-order valence-electron chi connectivity index (χ3n) is 2.74. The molecule has 0 heterocycles. The van der Waals surface area contributed by atoms with E-state index in [2.05, 4.69) is 5.32 Å². The van der Waals surface area contributed by atoms with E-state index >= 15 is 0 Å². The van der Waals surface area contributed by atoms with Gasteiger partial charge in [-0.3, -0.25) is 0 Å².